The largest absolute Gasteiger partial charge is 0.449 e. The van der Waals surface area contributed by atoms with Gasteiger partial charge in [0.15, 0.2) is 0 Å². The number of amides is 1. The molecule has 1 heterocycles. The first-order chi connectivity index (χ1) is 6.72. The number of nitrogens with zero attached hydrogens (tertiary/aromatic N) is 1. The van der Waals surface area contributed by atoms with E-state index in [2.05, 4.69) is 16.6 Å². The molecule has 76 valence electrons. The van der Waals surface area contributed by atoms with E-state index in [1.165, 1.54) is 5.56 Å². The minimum absolute atomic E-state index is 0.286. The molecule has 4 nitrogen and oxygen atoms in total. The van der Waals surface area contributed by atoms with Gasteiger partial charge < -0.3 is 10.5 Å². The summed E-state index contributed by atoms with van der Waals surface area (Å²) in [4.78, 5) is 14.5. The fourth-order valence-electron chi connectivity index (χ4n) is 1.07. The molecule has 0 atom stereocenters. The molecule has 2 N–H and O–H groups in total. The molecule has 0 saturated heterocycles. The molecule has 1 aromatic heterocycles. The number of nitrogens with two attached hydrogens (primary N) is 1. The molecule has 0 saturated carbocycles. The summed E-state index contributed by atoms with van der Waals surface area (Å²) in [6, 6.07) is 3.95. The van der Waals surface area contributed by atoms with Gasteiger partial charge in [-0.15, -0.1) is 0 Å². The molecule has 1 aromatic rings. The number of rotatable bonds is 4. The summed E-state index contributed by atoms with van der Waals surface area (Å²) >= 11 is 0. The second kappa shape index (κ2) is 5.21. The molecule has 0 radical (unpaired) electrons. The maximum atomic E-state index is 10.3. The van der Waals surface area contributed by atoms with Crippen molar-refractivity contribution in [2.24, 2.45) is 5.73 Å². The van der Waals surface area contributed by atoms with Gasteiger partial charge in [-0.2, -0.15) is 0 Å². The Bertz CT molecular complexity index is 295. The summed E-state index contributed by atoms with van der Waals surface area (Å²) in [7, 11) is 0. The summed E-state index contributed by atoms with van der Waals surface area (Å²) in [5, 5.41) is 0. The molecule has 4 heteroatoms. The Morgan fingerprint density at radius 1 is 1.57 bits per heavy atom. The average Bonchev–Trinajstić information content (AvgIpc) is 2.18. The fraction of sp³-hybridized carbons (Fsp3) is 0.400. The first-order valence-electron chi connectivity index (χ1n) is 4.58. The lowest BCUT2D eigenvalue weighted by Gasteiger charge is -2.02. The van der Waals surface area contributed by atoms with E-state index >= 15 is 0 Å². The second-order valence-corrected chi connectivity index (χ2v) is 2.93. The normalized spacial score (nSPS) is 9.79. The van der Waals surface area contributed by atoms with E-state index in [1.807, 2.05) is 18.3 Å². The van der Waals surface area contributed by atoms with Gasteiger partial charge in [0.2, 0.25) is 0 Å². The van der Waals surface area contributed by atoms with Crippen molar-refractivity contribution in [2.75, 3.05) is 6.61 Å². The summed E-state index contributed by atoms with van der Waals surface area (Å²) in [5.74, 6) is 0. The zero-order valence-electron chi connectivity index (χ0n) is 8.19. The minimum atomic E-state index is -0.741. The van der Waals surface area contributed by atoms with E-state index < -0.39 is 6.09 Å². The number of hydrogen-bond acceptors (Lipinski definition) is 3. The first kappa shape index (κ1) is 10.5. The number of carbonyl (C=O) groups excluding carboxylic acids is 1. The maximum Gasteiger partial charge on any atom is 0.404 e. The quantitative estimate of drug-likeness (QED) is 0.785. The van der Waals surface area contributed by atoms with Gasteiger partial charge >= 0.3 is 6.09 Å². The summed E-state index contributed by atoms with van der Waals surface area (Å²) in [6.07, 6.45) is 2.67. The number of ether oxygens (including phenoxy) is 1. The van der Waals surface area contributed by atoms with E-state index in [4.69, 9.17) is 5.73 Å². The Balaban J connectivity index is 2.40. The van der Waals surface area contributed by atoms with E-state index in [0.29, 0.717) is 6.42 Å². The van der Waals surface area contributed by atoms with Crippen LogP contribution in [0.4, 0.5) is 4.79 Å². The lowest BCUT2D eigenvalue weighted by Crippen LogP contribution is -2.15. The lowest BCUT2D eigenvalue weighted by molar-refractivity contribution is 0.158. The molecule has 0 spiro atoms. The Morgan fingerprint density at radius 3 is 2.86 bits per heavy atom. The zero-order valence-corrected chi connectivity index (χ0v) is 8.19. The highest BCUT2D eigenvalue weighted by atomic mass is 16.5. The Hall–Kier alpha value is -1.58. The topological polar surface area (TPSA) is 65.2 Å². The number of carbonyl (C=O) groups is 1. The monoisotopic (exact) mass is 194 g/mol. The number of aromatic nitrogens is 1. The van der Waals surface area contributed by atoms with Crippen LogP contribution in [0.15, 0.2) is 18.3 Å². The maximum absolute atomic E-state index is 10.3. The van der Waals surface area contributed by atoms with Gasteiger partial charge in [0.1, 0.15) is 0 Å². The fourth-order valence-corrected chi connectivity index (χ4v) is 1.07. The third-order valence-electron chi connectivity index (χ3n) is 1.90. The van der Waals surface area contributed by atoms with Crippen molar-refractivity contribution in [2.45, 2.75) is 19.8 Å². The minimum Gasteiger partial charge on any atom is -0.449 e. The van der Waals surface area contributed by atoms with E-state index in [-0.39, 0.29) is 6.61 Å². The van der Waals surface area contributed by atoms with Gasteiger partial charge in [-0.1, -0.05) is 13.0 Å². The van der Waals surface area contributed by atoms with Gasteiger partial charge in [0, 0.05) is 18.3 Å². The molecule has 0 aromatic carbocycles. The van der Waals surface area contributed by atoms with Crippen molar-refractivity contribution >= 4 is 6.09 Å². The van der Waals surface area contributed by atoms with Crippen molar-refractivity contribution in [1.29, 1.82) is 0 Å². The molecule has 0 unspecified atom stereocenters. The lowest BCUT2D eigenvalue weighted by atomic mass is 10.2. The molecule has 0 bridgehead atoms. The highest BCUT2D eigenvalue weighted by Crippen LogP contribution is 2.01. The van der Waals surface area contributed by atoms with Gasteiger partial charge in [-0.05, 0) is 18.1 Å². The third-order valence-corrected chi connectivity index (χ3v) is 1.90. The third kappa shape index (κ3) is 3.43. The summed E-state index contributed by atoms with van der Waals surface area (Å²) in [6.45, 7) is 2.36. The van der Waals surface area contributed by atoms with Gasteiger partial charge in [-0.25, -0.2) is 4.79 Å². The van der Waals surface area contributed by atoms with E-state index in [0.717, 1.165) is 12.1 Å². The Labute approximate surface area is 83.1 Å². The SMILES string of the molecule is CCc1ccc(CCOC(N)=O)nc1. The number of hydrogen-bond donors (Lipinski definition) is 1. The van der Waals surface area contributed by atoms with E-state index in [9.17, 15) is 4.79 Å². The molecule has 1 amide bonds. The molecule has 0 fully saturated rings. The highest BCUT2D eigenvalue weighted by Gasteiger charge is 1.97. The van der Waals surface area contributed by atoms with Crippen LogP contribution in [0.1, 0.15) is 18.2 Å². The van der Waals surface area contributed by atoms with Crippen molar-refractivity contribution < 1.29 is 9.53 Å². The molecular weight excluding hydrogens is 180 g/mol. The predicted octanol–water partition coefficient (Wildman–Crippen LogP) is 1.28. The molecule has 14 heavy (non-hydrogen) atoms. The summed E-state index contributed by atoms with van der Waals surface area (Å²) < 4.78 is 4.60. The standard InChI is InChI=1S/C10H14N2O2/c1-2-8-3-4-9(12-7-8)5-6-14-10(11)13/h3-4,7H,2,5-6H2,1H3,(H2,11,13). The summed E-state index contributed by atoms with van der Waals surface area (Å²) in [5.41, 5.74) is 6.93. The molecule has 0 aliphatic carbocycles. The van der Waals surface area contributed by atoms with Crippen LogP contribution in [0, 0.1) is 0 Å². The Morgan fingerprint density at radius 2 is 2.36 bits per heavy atom. The van der Waals surface area contributed by atoms with Crippen LogP contribution in [-0.4, -0.2) is 17.7 Å². The smallest absolute Gasteiger partial charge is 0.404 e. The number of primary amides is 1. The van der Waals surface area contributed by atoms with Crippen molar-refractivity contribution in [3.63, 3.8) is 0 Å². The van der Waals surface area contributed by atoms with E-state index in [1.54, 1.807) is 0 Å². The Kier molecular flexibility index (Phi) is 3.91. The molecule has 0 aliphatic rings. The van der Waals surface area contributed by atoms with Crippen LogP contribution in [0.2, 0.25) is 0 Å². The van der Waals surface area contributed by atoms with Crippen LogP contribution in [0.25, 0.3) is 0 Å². The zero-order chi connectivity index (χ0) is 10.4. The van der Waals surface area contributed by atoms with Crippen LogP contribution >= 0.6 is 0 Å². The molecular formula is C10H14N2O2. The van der Waals surface area contributed by atoms with Crippen molar-refractivity contribution in [1.82, 2.24) is 4.98 Å². The van der Waals surface area contributed by atoms with Crippen molar-refractivity contribution in [3.05, 3.63) is 29.6 Å². The van der Waals surface area contributed by atoms with Crippen LogP contribution in [-0.2, 0) is 17.6 Å². The number of pyridine rings is 1. The van der Waals surface area contributed by atoms with Gasteiger partial charge in [0.25, 0.3) is 0 Å². The second-order valence-electron chi connectivity index (χ2n) is 2.93. The average molecular weight is 194 g/mol. The van der Waals surface area contributed by atoms with Gasteiger partial charge in [0.05, 0.1) is 6.61 Å². The highest BCUT2D eigenvalue weighted by molar-refractivity contribution is 5.64. The van der Waals surface area contributed by atoms with Crippen LogP contribution < -0.4 is 5.73 Å². The van der Waals surface area contributed by atoms with Crippen molar-refractivity contribution in [3.8, 4) is 0 Å². The number of aryl methyl sites for hydroxylation is 1. The van der Waals surface area contributed by atoms with Gasteiger partial charge in [-0.3, -0.25) is 4.98 Å². The molecule has 1 rings (SSSR count). The van der Waals surface area contributed by atoms with Crippen LogP contribution in [0.5, 0.6) is 0 Å². The van der Waals surface area contributed by atoms with Crippen LogP contribution in [0.3, 0.4) is 0 Å². The molecule has 0 aliphatic heterocycles. The first-order valence-corrected chi connectivity index (χ1v) is 4.58. The predicted molar refractivity (Wildman–Crippen MR) is 52.9 cm³/mol.